The van der Waals surface area contributed by atoms with E-state index < -0.39 is 16.0 Å². The van der Waals surface area contributed by atoms with E-state index in [2.05, 4.69) is 9.88 Å². The lowest BCUT2D eigenvalue weighted by atomic mass is 10.1. The molecule has 10 heteroatoms. The first-order valence-corrected chi connectivity index (χ1v) is 12.4. The maximum atomic E-state index is 13.1. The van der Waals surface area contributed by atoms with E-state index in [1.54, 1.807) is 19.1 Å². The number of hydrogen-bond acceptors (Lipinski definition) is 8. The van der Waals surface area contributed by atoms with Crippen molar-refractivity contribution in [1.29, 1.82) is 0 Å². The largest absolute Gasteiger partial charge is 0.452 e. The molecule has 0 atom stereocenters. The third kappa shape index (κ3) is 4.82. The summed E-state index contributed by atoms with van der Waals surface area (Å²) in [5, 5.41) is 0. The fourth-order valence-electron chi connectivity index (χ4n) is 3.99. The van der Waals surface area contributed by atoms with Gasteiger partial charge in [-0.15, -0.1) is 0 Å². The van der Waals surface area contributed by atoms with Crippen LogP contribution in [0.4, 0.5) is 5.69 Å². The molecule has 1 aromatic heterocycles. The number of esters is 1. The first kappa shape index (κ1) is 22.8. The van der Waals surface area contributed by atoms with Crippen LogP contribution in [0.25, 0.3) is 0 Å². The summed E-state index contributed by atoms with van der Waals surface area (Å²) < 4.78 is 43.9. The zero-order chi connectivity index (χ0) is 22.7. The molecule has 0 spiro atoms. The Morgan fingerprint density at radius 3 is 2.47 bits per heavy atom. The van der Waals surface area contributed by atoms with Crippen molar-refractivity contribution in [2.45, 2.75) is 44.6 Å². The minimum absolute atomic E-state index is 0.0786. The number of sulfonamides is 1. The van der Waals surface area contributed by atoms with Crippen molar-refractivity contribution in [3.8, 4) is 0 Å². The van der Waals surface area contributed by atoms with Crippen molar-refractivity contribution in [3.05, 3.63) is 41.1 Å². The molecule has 0 amide bonds. The van der Waals surface area contributed by atoms with Crippen molar-refractivity contribution in [2.75, 3.05) is 44.3 Å². The lowest BCUT2D eigenvalue weighted by Crippen LogP contribution is -2.40. The van der Waals surface area contributed by atoms with Crippen molar-refractivity contribution in [2.24, 2.45) is 0 Å². The highest BCUT2D eigenvalue weighted by Gasteiger charge is 2.29. The molecular weight excluding hydrogens is 434 g/mol. The van der Waals surface area contributed by atoms with E-state index in [0.29, 0.717) is 43.6 Å². The number of rotatable bonds is 6. The molecule has 0 N–H and O–H groups in total. The Bertz CT molecular complexity index is 1050. The van der Waals surface area contributed by atoms with Crippen LogP contribution in [0.15, 0.2) is 27.5 Å². The van der Waals surface area contributed by atoms with Gasteiger partial charge in [0, 0.05) is 26.2 Å². The molecule has 2 aliphatic heterocycles. The van der Waals surface area contributed by atoms with Crippen LogP contribution in [0.2, 0.25) is 0 Å². The Balaban J connectivity index is 1.63. The number of carbonyl (C=O) groups is 1. The van der Waals surface area contributed by atoms with Gasteiger partial charge in [0.05, 0.1) is 35.1 Å². The van der Waals surface area contributed by atoms with Crippen LogP contribution in [0, 0.1) is 13.8 Å². The molecule has 0 radical (unpaired) electrons. The molecule has 2 saturated heterocycles. The smallest absolute Gasteiger partial charge is 0.340 e. The van der Waals surface area contributed by atoms with E-state index >= 15 is 0 Å². The topological polar surface area (TPSA) is 102 Å². The summed E-state index contributed by atoms with van der Waals surface area (Å²) in [6, 6.07) is 4.73. The van der Waals surface area contributed by atoms with E-state index in [-0.39, 0.29) is 17.1 Å². The van der Waals surface area contributed by atoms with Gasteiger partial charge in [-0.3, -0.25) is 0 Å². The number of oxazole rings is 1. The summed E-state index contributed by atoms with van der Waals surface area (Å²) in [4.78, 5) is 19.5. The van der Waals surface area contributed by atoms with Gasteiger partial charge in [-0.05, 0) is 51.3 Å². The number of piperidine rings is 1. The minimum atomic E-state index is -3.74. The predicted molar refractivity (Wildman–Crippen MR) is 117 cm³/mol. The lowest BCUT2D eigenvalue weighted by Gasteiger charge is -2.31. The number of aromatic nitrogens is 1. The first-order valence-electron chi connectivity index (χ1n) is 10.9. The molecule has 0 aliphatic carbocycles. The normalized spacial score (nSPS) is 18.0. The number of aryl methyl sites for hydroxylation is 2. The number of ether oxygens (including phenoxy) is 2. The van der Waals surface area contributed by atoms with Crippen LogP contribution in [0.1, 0.15) is 47.0 Å². The molecule has 2 fully saturated rings. The van der Waals surface area contributed by atoms with Gasteiger partial charge in [-0.25, -0.2) is 18.2 Å². The zero-order valence-electron chi connectivity index (χ0n) is 18.5. The Morgan fingerprint density at radius 2 is 1.81 bits per heavy atom. The van der Waals surface area contributed by atoms with Gasteiger partial charge in [0.1, 0.15) is 5.76 Å². The molecule has 174 valence electrons. The average molecular weight is 464 g/mol. The van der Waals surface area contributed by atoms with Crippen LogP contribution >= 0.6 is 0 Å². The summed E-state index contributed by atoms with van der Waals surface area (Å²) in [5.41, 5.74) is 1.67. The van der Waals surface area contributed by atoms with Crippen LogP contribution < -0.4 is 4.90 Å². The Labute approximate surface area is 188 Å². The van der Waals surface area contributed by atoms with Gasteiger partial charge in [-0.2, -0.15) is 4.31 Å². The summed E-state index contributed by atoms with van der Waals surface area (Å²) >= 11 is 0. The fraction of sp³-hybridized carbons (Fsp3) is 0.545. The standard InChI is InChI=1S/C22H29N3O6S/c1-16-17(2)31-21(23-16)15-30-22(26)19-14-18(32(27,28)25-10-12-29-13-11-25)6-7-20(19)24-8-4-3-5-9-24/h6-7,14H,3-5,8-13,15H2,1-2H3. The van der Waals surface area contributed by atoms with E-state index in [4.69, 9.17) is 13.9 Å². The average Bonchev–Trinajstić information content (AvgIpc) is 3.15. The van der Waals surface area contributed by atoms with E-state index in [1.807, 2.05) is 6.92 Å². The van der Waals surface area contributed by atoms with E-state index in [9.17, 15) is 13.2 Å². The summed E-state index contributed by atoms with van der Waals surface area (Å²) in [7, 11) is -3.74. The second kappa shape index (κ2) is 9.60. The predicted octanol–water partition coefficient (Wildman–Crippen LogP) is 2.66. The quantitative estimate of drug-likeness (QED) is 0.603. The Morgan fingerprint density at radius 1 is 1.09 bits per heavy atom. The van der Waals surface area contributed by atoms with Gasteiger partial charge in [0.2, 0.25) is 15.9 Å². The molecule has 32 heavy (non-hydrogen) atoms. The third-order valence-electron chi connectivity index (χ3n) is 5.89. The van der Waals surface area contributed by atoms with Crippen LogP contribution in [0.3, 0.4) is 0 Å². The summed E-state index contributed by atoms with van der Waals surface area (Å²) in [6.07, 6.45) is 3.19. The van der Waals surface area contributed by atoms with E-state index in [0.717, 1.165) is 38.0 Å². The second-order valence-electron chi connectivity index (χ2n) is 8.07. The van der Waals surface area contributed by atoms with E-state index in [1.165, 1.54) is 10.4 Å². The summed E-state index contributed by atoms with van der Waals surface area (Å²) in [6.45, 7) is 6.41. The third-order valence-corrected chi connectivity index (χ3v) is 7.79. The maximum absolute atomic E-state index is 13.1. The number of benzene rings is 1. The number of carbonyl (C=O) groups excluding carboxylic acids is 1. The molecule has 0 unspecified atom stereocenters. The maximum Gasteiger partial charge on any atom is 0.340 e. The number of nitrogens with zero attached hydrogens (tertiary/aromatic N) is 3. The fourth-order valence-corrected chi connectivity index (χ4v) is 5.43. The Kier molecular flexibility index (Phi) is 6.82. The first-order chi connectivity index (χ1) is 15.4. The zero-order valence-corrected chi connectivity index (χ0v) is 19.3. The molecule has 2 aromatic rings. The highest BCUT2D eigenvalue weighted by Crippen LogP contribution is 2.29. The van der Waals surface area contributed by atoms with Crippen LogP contribution in [-0.2, 0) is 26.1 Å². The number of hydrogen-bond donors (Lipinski definition) is 0. The van der Waals surface area contributed by atoms with Gasteiger partial charge >= 0.3 is 5.97 Å². The number of anilines is 1. The van der Waals surface area contributed by atoms with Crippen LogP contribution in [0.5, 0.6) is 0 Å². The molecule has 2 aliphatic rings. The molecule has 3 heterocycles. The van der Waals surface area contributed by atoms with Crippen molar-refractivity contribution in [1.82, 2.24) is 9.29 Å². The molecular formula is C22H29N3O6S. The highest BCUT2D eigenvalue weighted by molar-refractivity contribution is 7.89. The monoisotopic (exact) mass is 463 g/mol. The summed E-state index contributed by atoms with van der Waals surface area (Å²) in [5.74, 6) is 0.381. The van der Waals surface area contributed by atoms with Crippen LogP contribution in [-0.4, -0.2) is 63.1 Å². The molecule has 0 bridgehead atoms. The van der Waals surface area contributed by atoms with Gasteiger partial charge in [-0.1, -0.05) is 0 Å². The number of morpholine rings is 1. The Hall–Kier alpha value is -2.43. The highest BCUT2D eigenvalue weighted by atomic mass is 32.2. The molecule has 0 saturated carbocycles. The van der Waals surface area contributed by atoms with Gasteiger partial charge < -0.3 is 18.8 Å². The van der Waals surface area contributed by atoms with Gasteiger partial charge in [0.25, 0.3) is 0 Å². The molecule has 4 rings (SSSR count). The minimum Gasteiger partial charge on any atom is -0.452 e. The van der Waals surface area contributed by atoms with Gasteiger partial charge in [0.15, 0.2) is 6.61 Å². The van der Waals surface area contributed by atoms with Crippen molar-refractivity contribution in [3.63, 3.8) is 0 Å². The lowest BCUT2D eigenvalue weighted by molar-refractivity contribution is 0.0437. The van der Waals surface area contributed by atoms with Crippen molar-refractivity contribution < 1.29 is 27.1 Å². The second-order valence-corrected chi connectivity index (χ2v) is 10.0. The molecule has 1 aromatic carbocycles. The van der Waals surface area contributed by atoms with Crippen molar-refractivity contribution >= 4 is 21.7 Å². The SMILES string of the molecule is Cc1nc(COC(=O)c2cc(S(=O)(=O)N3CCOCC3)ccc2N2CCCCC2)oc1C. The molecule has 9 nitrogen and oxygen atoms in total.